The van der Waals surface area contributed by atoms with Gasteiger partial charge in [-0.1, -0.05) is 36.5 Å². The van der Waals surface area contributed by atoms with Crippen molar-refractivity contribution in [2.24, 2.45) is 5.41 Å². The third-order valence-corrected chi connectivity index (χ3v) is 4.43. The lowest BCUT2D eigenvalue weighted by molar-refractivity contribution is -0.149. The fourth-order valence-corrected chi connectivity index (χ4v) is 3.61. The summed E-state index contributed by atoms with van der Waals surface area (Å²) in [5, 5.41) is 10.2. The minimum absolute atomic E-state index is 0.209. The zero-order valence-electron chi connectivity index (χ0n) is 10.8. The quantitative estimate of drug-likeness (QED) is 0.831. The van der Waals surface area contributed by atoms with E-state index < -0.39 is 11.4 Å². The lowest BCUT2D eigenvalue weighted by Crippen LogP contribution is -2.27. The maximum Gasteiger partial charge on any atom is 0.309 e. The average molecular weight is 302 g/mol. The van der Waals surface area contributed by atoms with Crippen LogP contribution in [0, 0.1) is 5.41 Å². The fourth-order valence-electron chi connectivity index (χ4n) is 3.14. The number of rotatable bonds is 4. The average Bonchev–Trinajstić information content (AvgIpc) is 2.74. The highest BCUT2D eigenvalue weighted by atomic mass is 35.5. The number of hydrogen-bond acceptors (Lipinski definition) is 2. The van der Waals surface area contributed by atoms with Gasteiger partial charge in [0.1, 0.15) is 10.3 Å². The molecule has 0 saturated heterocycles. The van der Waals surface area contributed by atoms with Crippen LogP contribution in [0.25, 0.3) is 0 Å². The van der Waals surface area contributed by atoms with E-state index in [2.05, 4.69) is 4.98 Å². The van der Waals surface area contributed by atoms with Crippen molar-refractivity contribution in [3.63, 3.8) is 0 Å². The van der Waals surface area contributed by atoms with Crippen LogP contribution in [0.1, 0.15) is 50.5 Å². The van der Waals surface area contributed by atoms with Gasteiger partial charge in [-0.15, -0.1) is 0 Å². The van der Waals surface area contributed by atoms with Gasteiger partial charge in [-0.25, -0.2) is 4.98 Å². The molecule has 1 saturated carbocycles. The first-order chi connectivity index (χ1) is 8.97. The van der Waals surface area contributed by atoms with E-state index in [4.69, 9.17) is 23.2 Å². The van der Waals surface area contributed by atoms with Crippen LogP contribution < -0.4 is 0 Å². The molecule has 1 aliphatic rings. The molecule has 2 unspecified atom stereocenters. The molecule has 0 bridgehead atoms. The molecule has 1 aromatic rings. The summed E-state index contributed by atoms with van der Waals surface area (Å²) in [6.45, 7) is 2.03. The Balaban J connectivity index is 2.23. The number of aliphatic carboxylic acids is 1. The van der Waals surface area contributed by atoms with Crippen LogP contribution in [0.2, 0.25) is 10.3 Å². The number of carbonyl (C=O) groups is 1. The van der Waals surface area contributed by atoms with Crippen LogP contribution in [0.3, 0.4) is 0 Å². The van der Waals surface area contributed by atoms with Gasteiger partial charge in [-0.3, -0.25) is 4.79 Å². The van der Waals surface area contributed by atoms with Gasteiger partial charge in [0.2, 0.25) is 0 Å². The maximum absolute atomic E-state index is 11.6. The minimum Gasteiger partial charge on any atom is -0.481 e. The van der Waals surface area contributed by atoms with Crippen molar-refractivity contribution >= 4 is 29.2 Å². The van der Waals surface area contributed by atoms with Crippen LogP contribution in [0.5, 0.6) is 0 Å². The molecule has 1 N–H and O–H groups in total. The first-order valence-electron chi connectivity index (χ1n) is 6.53. The molecule has 1 aliphatic carbocycles. The van der Waals surface area contributed by atoms with Crippen molar-refractivity contribution in [3.8, 4) is 0 Å². The van der Waals surface area contributed by atoms with Crippen LogP contribution in [-0.4, -0.2) is 16.1 Å². The zero-order chi connectivity index (χ0) is 14.0. The SMILES string of the molecule is CCCC1(C(=O)O)CCC(c2cc(Cl)nc(Cl)c2)C1. The van der Waals surface area contributed by atoms with E-state index in [0.29, 0.717) is 16.7 Å². The Kier molecular flexibility index (Phi) is 4.36. The molecule has 0 aromatic carbocycles. The Morgan fingerprint density at radius 2 is 2.11 bits per heavy atom. The molecule has 1 heterocycles. The third-order valence-electron chi connectivity index (χ3n) is 4.05. The highest BCUT2D eigenvalue weighted by molar-refractivity contribution is 6.32. The molecule has 0 radical (unpaired) electrons. The van der Waals surface area contributed by atoms with E-state index in [1.54, 1.807) is 12.1 Å². The molecule has 104 valence electrons. The molecule has 19 heavy (non-hydrogen) atoms. The second-order valence-electron chi connectivity index (χ2n) is 5.32. The number of hydrogen-bond donors (Lipinski definition) is 1. The summed E-state index contributed by atoms with van der Waals surface area (Å²) in [6, 6.07) is 3.59. The van der Waals surface area contributed by atoms with E-state index in [0.717, 1.165) is 31.2 Å². The summed E-state index contributed by atoms with van der Waals surface area (Å²) in [7, 11) is 0. The zero-order valence-corrected chi connectivity index (χ0v) is 12.3. The second kappa shape index (κ2) is 5.68. The summed E-state index contributed by atoms with van der Waals surface area (Å²) >= 11 is 11.8. The van der Waals surface area contributed by atoms with E-state index in [1.165, 1.54) is 0 Å². The van der Waals surface area contributed by atoms with Crippen molar-refractivity contribution in [2.75, 3.05) is 0 Å². The van der Waals surface area contributed by atoms with Crippen molar-refractivity contribution in [3.05, 3.63) is 28.0 Å². The van der Waals surface area contributed by atoms with E-state index >= 15 is 0 Å². The summed E-state index contributed by atoms with van der Waals surface area (Å²) in [5.74, 6) is -0.469. The van der Waals surface area contributed by atoms with Gasteiger partial charge in [-0.2, -0.15) is 0 Å². The predicted molar refractivity (Wildman–Crippen MR) is 75.8 cm³/mol. The number of carboxylic acids is 1. The Morgan fingerprint density at radius 1 is 1.47 bits per heavy atom. The van der Waals surface area contributed by atoms with Gasteiger partial charge < -0.3 is 5.11 Å². The van der Waals surface area contributed by atoms with Crippen molar-refractivity contribution in [1.82, 2.24) is 4.98 Å². The van der Waals surface area contributed by atoms with E-state index in [-0.39, 0.29) is 5.92 Å². The Bertz CT molecular complexity index is 472. The summed E-state index contributed by atoms with van der Waals surface area (Å²) in [4.78, 5) is 15.5. The summed E-state index contributed by atoms with van der Waals surface area (Å²) in [6.07, 6.45) is 3.86. The molecule has 0 aliphatic heterocycles. The van der Waals surface area contributed by atoms with Gasteiger partial charge in [0.15, 0.2) is 0 Å². The number of carboxylic acid groups (broad SMARTS) is 1. The third kappa shape index (κ3) is 3.03. The molecule has 5 heteroatoms. The van der Waals surface area contributed by atoms with E-state index in [1.807, 2.05) is 6.92 Å². The predicted octanol–water partition coefficient (Wildman–Crippen LogP) is 4.53. The monoisotopic (exact) mass is 301 g/mol. The molecule has 2 rings (SSSR count). The van der Waals surface area contributed by atoms with Gasteiger partial charge >= 0.3 is 5.97 Å². The molecule has 1 fully saturated rings. The molecular formula is C14H17Cl2NO2. The number of pyridine rings is 1. The molecule has 0 amide bonds. The topological polar surface area (TPSA) is 50.2 Å². The summed E-state index contributed by atoms with van der Waals surface area (Å²) in [5.41, 5.74) is 0.422. The number of halogens is 2. The van der Waals surface area contributed by atoms with Crippen molar-refractivity contribution < 1.29 is 9.90 Å². The standard InChI is InChI=1S/C14H17Cl2NO2/c1-2-4-14(13(18)19)5-3-9(8-14)10-6-11(15)17-12(16)7-10/h6-7,9H,2-5,8H2,1H3,(H,18,19). The molecular weight excluding hydrogens is 285 g/mol. The molecule has 0 spiro atoms. The lowest BCUT2D eigenvalue weighted by atomic mass is 9.80. The minimum atomic E-state index is -0.678. The van der Waals surface area contributed by atoms with Crippen LogP contribution >= 0.6 is 23.2 Å². The Labute approximate surface area is 122 Å². The molecule has 1 aromatic heterocycles. The van der Waals surface area contributed by atoms with Crippen molar-refractivity contribution in [2.45, 2.75) is 44.9 Å². The Hall–Kier alpha value is -0.800. The first kappa shape index (κ1) is 14.6. The largest absolute Gasteiger partial charge is 0.481 e. The molecule has 2 atom stereocenters. The highest BCUT2D eigenvalue weighted by Gasteiger charge is 2.45. The smallest absolute Gasteiger partial charge is 0.309 e. The van der Waals surface area contributed by atoms with E-state index in [9.17, 15) is 9.90 Å². The molecule has 3 nitrogen and oxygen atoms in total. The van der Waals surface area contributed by atoms with Gasteiger partial charge in [-0.05, 0) is 49.3 Å². The van der Waals surface area contributed by atoms with Crippen LogP contribution in [-0.2, 0) is 4.79 Å². The fraction of sp³-hybridized carbons (Fsp3) is 0.571. The number of aromatic nitrogens is 1. The van der Waals surface area contributed by atoms with Gasteiger partial charge in [0, 0.05) is 0 Å². The van der Waals surface area contributed by atoms with Crippen LogP contribution in [0.15, 0.2) is 12.1 Å². The van der Waals surface area contributed by atoms with Crippen molar-refractivity contribution in [1.29, 1.82) is 0 Å². The number of nitrogens with zero attached hydrogens (tertiary/aromatic N) is 1. The highest BCUT2D eigenvalue weighted by Crippen LogP contribution is 2.49. The van der Waals surface area contributed by atoms with Crippen LogP contribution in [0.4, 0.5) is 0 Å². The van der Waals surface area contributed by atoms with Gasteiger partial charge in [0.05, 0.1) is 5.41 Å². The maximum atomic E-state index is 11.6. The normalized spacial score (nSPS) is 26.6. The second-order valence-corrected chi connectivity index (χ2v) is 6.10. The lowest BCUT2D eigenvalue weighted by Gasteiger charge is -2.23. The summed E-state index contributed by atoms with van der Waals surface area (Å²) < 4.78 is 0. The first-order valence-corrected chi connectivity index (χ1v) is 7.29. The Morgan fingerprint density at radius 3 is 2.63 bits per heavy atom. The van der Waals surface area contributed by atoms with Gasteiger partial charge in [0.25, 0.3) is 0 Å².